The van der Waals surface area contributed by atoms with Crippen molar-refractivity contribution < 1.29 is 4.39 Å². The topological polar surface area (TPSA) is 38.0 Å². The summed E-state index contributed by atoms with van der Waals surface area (Å²) in [5.41, 5.74) is 4.45. The maximum atomic E-state index is 13.1. The van der Waals surface area contributed by atoms with Gasteiger partial charge in [-0.1, -0.05) is 40.9 Å². The Labute approximate surface area is 138 Å². The van der Waals surface area contributed by atoms with Crippen molar-refractivity contribution in [1.82, 2.24) is 5.43 Å². The van der Waals surface area contributed by atoms with Gasteiger partial charge in [-0.2, -0.15) is 0 Å². The molecule has 0 radical (unpaired) electrons. The molecule has 2 nitrogen and oxygen atoms in total. The Balaban J connectivity index is 2.14. The van der Waals surface area contributed by atoms with Gasteiger partial charge in [0.2, 0.25) is 0 Å². The molecule has 21 heavy (non-hydrogen) atoms. The first-order valence-electron chi connectivity index (χ1n) is 6.33. The van der Waals surface area contributed by atoms with Crippen molar-refractivity contribution in [1.29, 1.82) is 0 Å². The van der Waals surface area contributed by atoms with E-state index >= 15 is 0 Å². The third-order valence-corrected chi connectivity index (χ3v) is 4.15. The number of benzene rings is 2. The zero-order valence-corrected chi connectivity index (χ0v) is 13.3. The van der Waals surface area contributed by atoms with Crippen molar-refractivity contribution in [3.63, 3.8) is 0 Å². The van der Waals surface area contributed by atoms with Crippen molar-refractivity contribution in [2.45, 2.75) is 18.9 Å². The van der Waals surface area contributed by atoms with E-state index in [4.69, 9.17) is 40.6 Å². The molecule has 0 saturated heterocycles. The molecule has 0 saturated carbocycles. The van der Waals surface area contributed by atoms with Gasteiger partial charge < -0.3 is 0 Å². The Morgan fingerprint density at radius 3 is 2.33 bits per heavy atom. The lowest BCUT2D eigenvalue weighted by Gasteiger charge is -2.18. The van der Waals surface area contributed by atoms with Gasteiger partial charge in [-0.25, -0.2) is 4.39 Å². The smallest absolute Gasteiger partial charge is 0.124 e. The fraction of sp³-hybridized carbons (Fsp3) is 0.200. The summed E-state index contributed by atoms with van der Waals surface area (Å²) < 4.78 is 13.1. The van der Waals surface area contributed by atoms with Crippen LogP contribution in [0.1, 0.15) is 11.1 Å². The van der Waals surface area contributed by atoms with Gasteiger partial charge in [-0.3, -0.25) is 11.3 Å². The highest BCUT2D eigenvalue weighted by Gasteiger charge is 2.14. The summed E-state index contributed by atoms with van der Waals surface area (Å²) in [6, 6.07) is 9.51. The second-order valence-electron chi connectivity index (χ2n) is 4.74. The molecule has 2 aromatic carbocycles. The number of nitrogens with two attached hydrogens (primary N) is 1. The van der Waals surface area contributed by atoms with E-state index in [0.717, 1.165) is 11.1 Å². The van der Waals surface area contributed by atoms with Crippen LogP contribution < -0.4 is 11.3 Å². The van der Waals surface area contributed by atoms with Crippen molar-refractivity contribution >= 4 is 34.8 Å². The molecule has 6 heteroatoms. The first kappa shape index (κ1) is 16.5. The summed E-state index contributed by atoms with van der Waals surface area (Å²) in [6.45, 7) is 0. The fourth-order valence-corrected chi connectivity index (χ4v) is 2.74. The molecular weight excluding hydrogens is 334 g/mol. The summed E-state index contributed by atoms with van der Waals surface area (Å²) in [7, 11) is 0. The molecule has 0 bridgehead atoms. The van der Waals surface area contributed by atoms with Crippen LogP contribution in [0.25, 0.3) is 0 Å². The van der Waals surface area contributed by atoms with E-state index in [9.17, 15) is 4.39 Å². The van der Waals surface area contributed by atoms with Gasteiger partial charge in [0, 0.05) is 21.1 Å². The Morgan fingerprint density at radius 1 is 0.952 bits per heavy atom. The molecule has 0 aliphatic carbocycles. The van der Waals surface area contributed by atoms with Gasteiger partial charge in [0.05, 0.1) is 0 Å². The average molecular weight is 348 g/mol. The van der Waals surface area contributed by atoms with Gasteiger partial charge >= 0.3 is 0 Å². The maximum Gasteiger partial charge on any atom is 0.124 e. The van der Waals surface area contributed by atoms with Gasteiger partial charge in [0.1, 0.15) is 5.82 Å². The minimum absolute atomic E-state index is 0.0936. The molecule has 0 fully saturated rings. The maximum absolute atomic E-state index is 13.1. The van der Waals surface area contributed by atoms with Crippen molar-refractivity contribution in [2.24, 2.45) is 5.84 Å². The van der Waals surface area contributed by atoms with Gasteiger partial charge in [-0.15, -0.1) is 0 Å². The largest absolute Gasteiger partial charge is 0.271 e. The molecule has 2 rings (SSSR count). The Hall–Kier alpha value is -0.840. The third kappa shape index (κ3) is 4.56. The SMILES string of the molecule is NNC(Cc1ccc(F)cc1Cl)Cc1cc(Cl)ccc1Cl. The summed E-state index contributed by atoms with van der Waals surface area (Å²) in [6.07, 6.45) is 1.14. The van der Waals surface area contributed by atoms with Crippen LogP contribution in [0.2, 0.25) is 15.1 Å². The Bertz CT molecular complexity index is 634. The van der Waals surface area contributed by atoms with E-state index in [-0.39, 0.29) is 11.9 Å². The van der Waals surface area contributed by atoms with Crippen LogP contribution >= 0.6 is 34.8 Å². The monoisotopic (exact) mass is 346 g/mol. The molecule has 0 aliphatic heterocycles. The highest BCUT2D eigenvalue weighted by Crippen LogP contribution is 2.24. The summed E-state index contributed by atoms with van der Waals surface area (Å²) in [5.74, 6) is 5.23. The zero-order chi connectivity index (χ0) is 15.4. The van der Waals surface area contributed by atoms with Crippen LogP contribution in [0.3, 0.4) is 0 Å². The number of hydrazine groups is 1. The second kappa shape index (κ2) is 7.43. The number of hydrogen-bond acceptors (Lipinski definition) is 2. The lowest BCUT2D eigenvalue weighted by atomic mass is 9.99. The predicted octanol–water partition coefficient (Wildman–Crippen LogP) is 4.40. The normalized spacial score (nSPS) is 12.4. The van der Waals surface area contributed by atoms with Crippen LogP contribution in [0.5, 0.6) is 0 Å². The average Bonchev–Trinajstić information content (AvgIpc) is 2.44. The molecular formula is C15H14Cl3FN2. The minimum atomic E-state index is -0.362. The first-order chi connectivity index (χ1) is 9.99. The molecule has 3 N–H and O–H groups in total. The van der Waals surface area contributed by atoms with Crippen molar-refractivity contribution in [3.05, 3.63) is 68.4 Å². The molecule has 0 aromatic heterocycles. The van der Waals surface area contributed by atoms with E-state index in [0.29, 0.717) is 27.9 Å². The molecule has 1 unspecified atom stereocenters. The highest BCUT2D eigenvalue weighted by atomic mass is 35.5. The molecule has 0 amide bonds. The van der Waals surface area contributed by atoms with Crippen LogP contribution in [-0.4, -0.2) is 6.04 Å². The first-order valence-corrected chi connectivity index (χ1v) is 7.47. The van der Waals surface area contributed by atoms with E-state index in [1.165, 1.54) is 12.1 Å². The Morgan fingerprint density at radius 2 is 1.67 bits per heavy atom. The van der Waals surface area contributed by atoms with E-state index in [1.807, 2.05) is 0 Å². The summed E-state index contributed by atoms with van der Waals surface area (Å²) in [5, 5.41) is 1.63. The standard InChI is InChI=1S/C15H14Cl3FN2/c16-11-2-4-14(17)10(5-11)7-13(21-20)6-9-1-3-12(19)8-15(9)18/h1-5,8,13,21H,6-7,20H2. The van der Waals surface area contributed by atoms with Crippen LogP contribution in [0.15, 0.2) is 36.4 Å². The van der Waals surface area contributed by atoms with Crippen LogP contribution in [-0.2, 0) is 12.8 Å². The molecule has 112 valence electrons. The lowest BCUT2D eigenvalue weighted by molar-refractivity contribution is 0.522. The fourth-order valence-electron chi connectivity index (χ4n) is 2.11. The van der Waals surface area contributed by atoms with Crippen molar-refractivity contribution in [3.8, 4) is 0 Å². The lowest BCUT2D eigenvalue weighted by Crippen LogP contribution is -2.38. The van der Waals surface area contributed by atoms with Gasteiger partial charge in [0.25, 0.3) is 0 Å². The number of rotatable bonds is 5. The molecule has 0 heterocycles. The van der Waals surface area contributed by atoms with E-state index in [2.05, 4.69) is 5.43 Å². The van der Waals surface area contributed by atoms with Gasteiger partial charge in [-0.05, 0) is 54.3 Å². The minimum Gasteiger partial charge on any atom is -0.271 e. The second-order valence-corrected chi connectivity index (χ2v) is 5.99. The summed E-state index contributed by atoms with van der Waals surface area (Å²) in [4.78, 5) is 0. The van der Waals surface area contributed by atoms with E-state index in [1.54, 1.807) is 24.3 Å². The van der Waals surface area contributed by atoms with Crippen LogP contribution in [0.4, 0.5) is 4.39 Å². The molecule has 2 aromatic rings. The Kier molecular flexibility index (Phi) is 5.85. The quantitative estimate of drug-likeness (QED) is 0.621. The predicted molar refractivity (Wildman–Crippen MR) is 86.4 cm³/mol. The van der Waals surface area contributed by atoms with Gasteiger partial charge in [0.15, 0.2) is 0 Å². The summed E-state index contributed by atoms with van der Waals surface area (Å²) >= 11 is 18.2. The molecule has 0 aliphatic rings. The molecule has 1 atom stereocenters. The number of hydrogen-bond donors (Lipinski definition) is 2. The zero-order valence-electron chi connectivity index (χ0n) is 11.0. The van der Waals surface area contributed by atoms with E-state index < -0.39 is 0 Å². The number of nitrogens with one attached hydrogen (secondary N) is 1. The van der Waals surface area contributed by atoms with Crippen LogP contribution in [0, 0.1) is 5.82 Å². The molecule has 0 spiro atoms. The number of halogens is 4. The highest BCUT2D eigenvalue weighted by molar-refractivity contribution is 6.33. The van der Waals surface area contributed by atoms with Crippen molar-refractivity contribution in [2.75, 3.05) is 0 Å². The third-order valence-electron chi connectivity index (χ3n) is 3.19.